The Morgan fingerprint density at radius 2 is 1.76 bits per heavy atom. The number of nitrogens with zero attached hydrogens (tertiary/aromatic N) is 4. The van der Waals surface area contributed by atoms with Crippen molar-refractivity contribution in [3.05, 3.63) is 42.2 Å². The second-order valence-electron chi connectivity index (χ2n) is 5.32. The predicted molar refractivity (Wildman–Crippen MR) is 87.2 cm³/mol. The van der Waals surface area contributed by atoms with Crippen LogP contribution in [0, 0.1) is 6.92 Å². The van der Waals surface area contributed by atoms with E-state index in [2.05, 4.69) is 56.3 Å². The van der Waals surface area contributed by atoms with E-state index < -0.39 is 0 Å². The van der Waals surface area contributed by atoms with E-state index in [1.54, 1.807) is 6.33 Å². The minimum absolute atomic E-state index is 0.862. The van der Waals surface area contributed by atoms with Gasteiger partial charge in [0.05, 0.1) is 0 Å². The zero-order chi connectivity index (χ0) is 14.7. The van der Waals surface area contributed by atoms with Gasteiger partial charge in [-0.1, -0.05) is 12.1 Å². The Hall–Kier alpha value is -2.30. The molecule has 110 valence electrons. The molecule has 1 aromatic carbocycles. The third-order valence-corrected chi connectivity index (χ3v) is 3.88. The first-order chi connectivity index (χ1) is 10.3. The van der Waals surface area contributed by atoms with Crippen molar-refractivity contribution in [3.63, 3.8) is 0 Å². The van der Waals surface area contributed by atoms with Crippen molar-refractivity contribution in [2.75, 3.05) is 48.3 Å². The molecular weight excluding hydrogens is 262 g/mol. The molecule has 2 heterocycles. The van der Waals surface area contributed by atoms with Gasteiger partial charge in [-0.25, -0.2) is 9.97 Å². The lowest BCUT2D eigenvalue weighted by atomic mass is 10.2. The molecule has 1 aliphatic rings. The minimum Gasteiger partial charge on any atom is -0.373 e. The lowest BCUT2D eigenvalue weighted by molar-refractivity contribution is 0.647. The van der Waals surface area contributed by atoms with Gasteiger partial charge in [-0.15, -0.1) is 0 Å². The van der Waals surface area contributed by atoms with Crippen LogP contribution in [0.25, 0.3) is 0 Å². The first-order valence-corrected chi connectivity index (χ1v) is 7.32. The molecule has 1 aliphatic heterocycles. The fourth-order valence-corrected chi connectivity index (χ4v) is 2.68. The van der Waals surface area contributed by atoms with Crippen LogP contribution in [0.4, 0.5) is 17.3 Å². The van der Waals surface area contributed by atoms with Crippen LogP contribution in [0.15, 0.2) is 36.7 Å². The molecule has 1 fully saturated rings. The highest BCUT2D eigenvalue weighted by atomic mass is 15.3. The first kappa shape index (κ1) is 13.7. The molecule has 3 rings (SSSR count). The van der Waals surface area contributed by atoms with Crippen molar-refractivity contribution in [2.45, 2.75) is 6.92 Å². The molecule has 0 unspecified atom stereocenters. The Labute approximate surface area is 125 Å². The number of rotatable bonds is 3. The normalized spacial score (nSPS) is 15.1. The topological polar surface area (TPSA) is 44.3 Å². The van der Waals surface area contributed by atoms with Crippen LogP contribution in [-0.4, -0.2) is 43.2 Å². The molecule has 1 N–H and O–H groups in total. The number of benzene rings is 1. The van der Waals surface area contributed by atoms with Crippen molar-refractivity contribution in [2.24, 2.45) is 0 Å². The number of aryl methyl sites for hydroxylation is 1. The summed E-state index contributed by atoms with van der Waals surface area (Å²) in [5.41, 5.74) is 2.62. The van der Waals surface area contributed by atoms with Gasteiger partial charge in [-0.2, -0.15) is 0 Å². The van der Waals surface area contributed by atoms with Crippen LogP contribution in [0.2, 0.25) is 0 Å². The summed E-state index contributed by atoms with van der Waals surface area (Å²) in [6.07, 6.45) is 1.62. The van der Waals surface area contributed by atoms with Gasteiger partial charge in [0.25, 0.3) is 0 Å². The molecule has 0 bridgehead atoms. The zero-order valence-corrected chi connectivity index (χ0v) is 12.6. The average Bonchev–Trinajstić information content (AvgIpc) is 2.55. The summed E-state index contributed by atoms with van der Waals surface area (Å²) < 4.78 is 0. The second-order valence-corrected chi connectivity index (χ2v) is 5.32. The average molecular weight is 283 g/mol. The molecule has 0 aliphatic carbocycles. The molecule has 5 nitrogen and oxygen atoms in total. The second kappa shape index (κ2) is 5.99. The van der Waals surface area contributed by atoms with E-state index in [0.29, 0.717) is 0 Å². The largest absolute Gasteiger partial charge is 0.373 e. The van der Waals surface area contributed by atoms with Gasteiger partial charge in [0.2, 0.25) is 0 Å². The number of anilines is 3. The van der Waals surface area contributed by atoms with E-state index in [1.165, 1.54) is 11.3 Å². The third kappa shape index (κ3) is 3.07. The van der Waals surface area contributed by atoms with Gasteiger partial charge in [-0.05, 0) is 24.6 Å². The molecule has 0 amide bonds. The summed E-state index contributed by atoms with van der Waals surface area (Å²) in [5, 5.41) is 3.06. The van der Waals surface area contributed by atoms with Crippen LogP contribution in [0.5, 0.6) is 0 Å². The smallest absolute Gasteiger partial charge is 0.134 e. The van der Waals surface area contributed by atoms with Crippen molar-refractivity contribution in [1.29, 1.82) is 0 Å². The van der Waals surface area contributed by atoms with Crippen LogP contribution >= 0.6 is 0 Å². The maximum atomic E-state index is 4.38. The van der Waals surface area contributed by atoms with E-state index >= 15 is 0 Å². The molecule has 1 aromatic heterocycles. The first-order valence-electron chi connectivity index (χ1n) is 7.32. The molecule has 2 aromatic rings. The number of piperazine rings is 1. The standard InChI is InChI=1S/C16H21N5/c1-13-4-3-5-14(10-13)20-6-8-21(9-7-20)16-11-15(17-2)18-12-19-16/h3-5,10-12H,6-9H2,1-2H3,(H,17,18,19). The van der Waals surface area contributed by atoms with Gasteiger partial charge in [0.1, 0.15) is 18.0 Å². The highest BCUT2D eigenvalue weighted by Gasteiger charge is 2.18. The lowest BCUT2D eigenvalue weighted by Crippen LogP contribution is -2.46. The van der Waals surface area contributed by atoms with Crippen LogP contribution in [0.1, 0.15) is 5.56 Å². The Balaban J connectivity index is 1.67. The predicted octanol–water partition coefficient (Wildman–Crippen LogP) is 2.15. The van der Waals surface area contributed by atoms with E-state index in [-0.39, 0.29) is 0 Å². The van der Waals surface area contributed by atoms with Crippen molar-refractivity contribution < 1.29 is 0 Å². The molecule has 0 radical (unpaired) electrons. The van der Waals surface area contributed by atoms with Gasteiger partial charge in [0.15, 0.2) is 0 Å². The summed E-state index contributed by atoms with van der Waals surface area (Å²) in [6.45, 7) is 6.13. The number of aromatic nitrogens is 2. The number of hydrogen-bond acceptors (Lipinski definition) is 5. The molecule has 0 atom stereocenters. The van der Waals surface area contributed by atoms with Crippen molar-refractivity contribution >= 4 is 17.3 Å². The quantitative estimate of drug-likeness (QED) is 0.935. The van der Waals surface area contributed by atoms with E-state index in [9.17, 15) is 0 Å². The highest BCUT2D eigenvalue weighted by Crippen LogP contribution is 2.20. The molecule has 0 saturated carbocycles. The van der Waals surface area contributed by atoms with Gasteiger partial charge in [0, 0.05) is 45.0 Å². The molecule has 21 heavy (non-hydrogen) atoms. The number of nitrogens with one attached hydrogen (secondary N) is 1. The maximum absolute atomic E-state index is 4.38. The molecule has 5 heteroatoms. The Kier molecular flexibility index (Phi) is 3.90. The Morgan fingerprint density at radius 3 is 2.48 bits per heavy atom. The molecule has 1 saturated heterocycles. The lowest BCUT2D eigenvalue weighted by Gasteiger charge is -2.36. The highest BCUT2D eigenvalue weighted by molar-refractivity contribution is 5.52. The van der Waals surface area contributed by atoms with Crippen LogP contribution < -0.4 is 15.1 Å². The Bertz CT molecular complexity index is 605. The summed E-state index contributed by atoms with van der Waals surface area (Å²) >= 11 is 0. The number of hydrogen-bond donors (Lipinski definition) is 1. The summed E-state index contributed by atoms with van der Waals surface area (Å²) in [6, 6.07) is 10.7. The summed E-state index contributed by atoms with van der Waals surface area (Å²) in [4.78, 5) is 13.3. The van der Waals surface area contributed by atoms with E-state index in [4.69, 9.17) is 0 Å². The Morgan fingerprint density at radius 1 is 1.00 bits per heavy atom. The summed E-state index contributed by atoms with van der Waals surface area (Å²) in [7, 11) is 1.88. The SMILES string of the molecule is CNc1cc(N2CCN(c3cccc(C)c3)CC2)ncn1. The zero-order valence-electron chi connectivity index (χ0n) is 12.6. The molecule has 0 spiro atoms. The van der Waals surface area contributed by atoms with Crippen LogP contribution in [-0.2, 0) is 0 Å². The monoisotopic (exact) mass is 283 g/mol. The fraction of sp³-hybridized carbons (Fsp3) is 0.375. The minimum atomic E-state index is 0.862. The van der Waals surface area contributed by atoms with Gasteiger partial charge in [-0.3, -0.25) is 0 Å². The molecular formula is C16H21N5. The van der Waals surface area contributed by atoms with Crippen molar-refractivity contribution in [1.82, 2.24) is 9.97 Å². The van der Waals surface area contributed by atoms with E-state index in [1.807, 2.05) is 13.1 Å². The maximum Gasteiger partial charge on any atom is 0.134 e. The fourth-order valence-electron chi connectivity index (χ4n) is 2.68. The third-order valence-electron chi connectivity index (χ3n) is 3.88. The summed E-state index contributed by atoms with van der Waals surface area (Å²) in [5.74, 6) is 1.86. The van der Waals surface area contributed by atoms with Crippen LogP contribution in [0.3, 0.4) is 0 Å². The van der Waals surface area contributed by atoms with E-state index in [0.717, 1.165) is 37.8 Å². The van der Waals surface area contributed by atoms with Crippen molar-refractivity contribution in [3.8, 4) is 0 Å². The van der Waals surface area contributed by atoms with Gasteiger partial charge >= 0.3 is 0 Å². The van der Waals surface area contributed by atoms with Gasteiger partial charge < -0.3 is 15.1 Å².